The van der Waals surface area contributed by atoms with Crippen LogP contribution in [-0.4, -0.2) is 36.2 Å². The van der Waals surface area contributed by atoms with Crippen molar-refractivity contribution in [3.05, 3.63) is 0 Å². The zero-order valence-electron chi connectivity index (χ0n) is 12.9. The standard InChI is InChI=1S/C14H27NO4/c1-7-8-9-18-12(16)10(2)15-11(3)13(17)19-14(4,5)6/h10-11,15H,7-9H2,1-6H3. The van der Waals surface area contributed by atoms with Crippen molar-refractivity contribution in [3.8, 4) is 0 Å². The number of rotatable bonds is 7. The Morgan fingerprint density at radius 1 is 1.11 bits per heavy atom. The van der Waals surface area contributed by atoms with Gasteiger partial charge in [0.05, 0.1) is 6.61 Å². The third kappa shape index (κ3) is 8.59. The van der Waals surface area contributed by atoms with Crippen molar-refractivity contribution in [3.63, 3.8) is 0 Å². The van der Waals surface area contributed by atoms with Gasteiger partial charge in [0.25, 0.3) is 0 Å². The number of esters is 2. The molecule has 0 aliphatic rings. The van der Waals surface area contributed by atoms with Crippen LogP contribution >= 0.6 is 0 Å². The molecule has 5 heteroatoms. The van der Waals surface area contributed by atoms with E-state index in [1.54, 1.807) is 34.6 Å². The third-order valence-electron chi connectivity index (χ3n) is 2.36. The van der Waals surface area contributed by atoms with Crippen LogP contribution in [0.4, 0.5) is 0 Å². The van der Waals surface area contributed by atoms with Crippen molar-refractivity contribution >= 4 is 11.9 Å². The first kappa shape index (κ1) is 17.9. The van der Waals surface area contributed by atoms with Gasteiger partial charge in [-0.15, -0.1) is 0 Å². The van der Waals surface area contributed by atoms with E-state index in [1.807, 2.05) is 6.92 Å². The maximum Gasteiger partial charge on any atom is 0.323 e. The predicted molar refractivity (Wildman–Crippen MR) is 73.8 cm³/mol. The van der Waals surface area contributed by atoms with Gasteiger partial charge in [-0.3, -0.25) is 14.9 Å². The van der Waals surface area contributed by atoms with Gasteiger partial charge in [0.15, 0.2) is 0 Å². The van der Waals surface area contributed by atoms with E-state index >= 15 is 0 Å². The second-order valence-electron chi connectivity index (χ2n) is 5.66. The largest absolute Gasteiger partial charge is 0.465 e. The van der Waals surface area contributed by atoms with Gasteiger partial charge in [0.1, 0.15) is 17.7 Å². The number of ether oxygens (including phenoxy) is 2. The van der Waals surface area contributed by atoms with Crippen LogP contribution in [0.1, 0.15) is 54.4 Å². The smallest absolute Gasteiger partial charge is 0.323 e. The molecule has 0 aromatic rings. The molecule has 0 aromatic carbocycles. The molecule has 0 heterocycles. The van der Waals surface area contributed by atoms with Crippen molar-refractivity contribution in [1.29, 1.82) is 0 Å². The topological polar surface area (TPSA) is 64.6 Å². The lowest BCUT2D eigenvalue weighted by molar-refractivity contribution is -0.157. The molecule has 0 spiro atoms. The van der Waals surface area contributed by atoms with Gasteiger partial charge in [0.2, 0.25) is 0 Å². The van der Waals surface area contributed by atoms with Crippen LogP contribution in [0.2, 0.25) is 0 Å². The van der Waals surface area contributed by atoms with Gasteiger partial charge < -0.3 is 9.47 Å². The summed E-state index contributed by atoms with van der Waals surface area (Å²) in [5.74, 6) is -0.718. The van der Waals surface area contributed by atoms with Gasteiger partial charge >= 0.3 is 11.9 Å². The minimum absolute atomic E-state index is 0.344. The lowest BCUT2D eigenvalue weighted by atomic mass is 10.2. The lowest BCUT2D eigenvalue weighted by Gasteiger charge is -2.24. The second kappa shape index (κ2) is 8.15. The van der Waals surface area contributed by atoms with Crippen LogP contribution in [0, 0.1) is 0 Å². The quantitative estimate of drug-likeness (QED) is 0.568. The Labute approximate surface area is 116 Å². The average Bonchev–Trinajstić information content (AvgIpc) is 2.26. The number of hydrogen-bond donors (Lipinski definition) is 1. The van der Waals surface area contributed by atoms with Crippen molar-refractivity contribution < 1.29 is 19.1 Å². The van der Waals surface area contributed by atoms with Gasteiger partial charge in [0, 0.05) is 0 Å². The average molecular weight is 273 g/mol. The van der Waals surface area contributed by atoms with E-state index in [-0.39, 0.29) is 11.9 Å². The van der Waals surface area contributed by atoms with Crippen LogP contribution < -0.4 is 5.32 Å². The van der Waals surface area contributed by atoms with E-state index in [9.17, 15) is 9.59 Å². The Hall–Kier alpha value is -1.10. The van der Waals surface area contributed by atoms with E-state index in [2.05, 4.69) is 5.32 Å². The van der Waals surface area contributed by atoms with Gasteiger partial charge in [-0.1, -0.05) is 13.3 Å². The summed E-state index contributed by atoms with van der Waals surface area (Å²) in [5.41, 5.74) is -0.530. The number of nitrogens with one attached hydrogen (secondary N) is 1. The molecular formula is C14H27NO4. The van der Waals surface area contributed by atoms with Crippen molar-refractivity contribution in [1.82, 2.24) is 5.32 Å². The van der Waals surface area contributed by atoms with Crippen LogP contribution in [0.15, 0.2) is 0 Å². The van der Waals surface area contributed by atoms with Gasteiger partial charge in [-0.05, 0) is 41.0 Å². The number of unbranched alkanes of at least 4 members (excludes halogenated alkanes) is 1. The molecule has 0 fully saturated rings. The summed E-state index contributed by atoms with van der Waals surface area (Å²) in [6.45, 7) is 11.2. The maximum absolute atomic E-state index is 11.7. The molecular weight excluding hydrogens is 246 g/mol. The Morgan fingerprint density at radius 2 is 1.63 bits per heavy atom. The van der Waals surface area contributed by atoms with Crippen LogP contribution in [0.25, 0.3) is 0 Å². The highest BCUT2D eigenvalue weighted by Gasteiger charge is 2.25. The minimum Gasteiger partial charge on any atom is -0.465 e. The van der Waals surface area contributed by atoms with Crippen molar-refractivity contribution in [2.75, 3.05) is 6.61 Å². The first-order valence-corrected chi connectivity index (χ1v) is 6.83. The monoisotopic (exact) mass is 273 g/mol. The van der Waals surface area contributed by atoms with Crippen molar-refractivity contribution in [2.45, 2.75) is 72.1 Å². The molecule has 0 amide bonds. The highest BCUT2D eigenvalue weighted by Crippen LogP contribution is 2.08. The Kier molecular flexibility index (Phi) is 7.68. The molecule has 0 saturated heterocycles. The first-order valence-electron chi connectivity index (χ1n) is 6.83. The highest BCUT2D eigenvalue weighted by atomic mass is 16.6. The Morgan fingerprint density at radius 3 is 2.11 bits per heavy atom. The Bertz CT molecular complexity index is 296. The molecule has 0 bridgehead atoms. The first-order chi connectivity index (χ1) is 8.67. The molecule has 112 valence electrons. The number of hydrogen-bond acceptors (Lipinski definition) is 5. The SMILES string of the molecule is CCCCOC(=O)C(C)NC(C)C(=O)OC(C)(C)C. The predicted octanol–water partition coefficient (Wildman–Crippen LogP) is 2.04. The summed E-state index contributed by atoms with van der Waals surface area (Å²) in [6.07, 6.45) is 1.82. The summed E-state index contributed by atoms with van der Waals surface area (Å²) in [7, 11) is 0. The van der Waals surface area contributed by atoms with E-state index in [0.717, 1.165) is 12.8 Å². The molecule has 0 saturated carbocycles. The second-order valence-corrected chi connectivity index (χ2v) is 5.66. The summed E-state index contributed by atoms with van der Waals surface area (Å²) in [5, 5.41) is 2.88. The molecule has 1 N–H and O–H groups in total. The van der Waals surface area contributed by atoms with Crippen LogP contribution in [0.3, 0.4) is 0 Å². The molecule has 0 aliphatic heterocycles. The normalized spacial score (nSPS) is 14.6. The number of carbonyl (C=O) groups excluding carboxylic acids is 2. The lowest BCUT2D eigenvalue weighted by Crippen LogP contribution is -2.46. The van der Waals surface area contributed by atoms with E-state index in [0.29, 0.717) is 6.61 Å². The van der Waals surface area contributed by atoms with E-state index < -0.39 is 17.7 Å². The zero-order chi connectivity index (χ0) is 15.1. The van der Waals surface area contributed by atoms with Crippen LogP contribution in [-0.2, 0) is 19.1 Å². The van der Waals surface area contributed by atoms with Gasteiger partial charge in [-0.2, -0.15) is 0 Å². The number of carbonyl (C=O) groups is 2. The summed E-state index contributed by atoms with van der Waals surface area (Å²) in [6, 6.07) is -1.08. The summed E-state index contributed by atoms with van der Waals surface area (Å²) >= 11 is 0. The molecule has 19 heavy (non-hydrogen) atoms. The van der Waals surface area contributed by atoms with Gasteiger partial charge in [-0.25, -0.2) is 0 Å². The van der Waals surface area contributed by atoms with E-state index in [1.165, 1.54) is 0 Å². The summed E-state index contributed by atoms with van der Waals surface area (Å²) in [4.78, 5) is 23.4. The molecule has 2 atom stereocenters. The highest BCUT2D eigenvalue weighted by molar-refractivity contribution is 5.79. The molecule has 0 rings (SSSR count). The third-order valence-corrected chi connectivity index (χ3v) is 2.36. The fraction of sp³-hybridized carbons (Fsp3) is 0.857. The zero-order valence-corrected chi connectivity index (χ0v) is 12.9. The summed E-state index contributed by atoms with van der Waals surface area (Å²) < 4.78 is 10.3. The minimum atomic E-state index is -0.548. The van der Waals surface area contributed by atoms with E-state index in [4.69, 9.17) is 9.47 Å². The molecule has 2 unspecified atom stereocenters. The van der Waals surface area contributed by atoms with Crippen LogP contribution in [0.5, 0.6) is 0 Å². The molecule has 0 radical (unpaired) electrons. The maximum atomic E-state index is 11.7. The fourth-order valence-electron chi connectivity index (χ4n) is 1.34. The molecule has 0 aliphatic carbocycles. The fourth-order valence-corrected chi connectivity index (χ4v) is 1.34. The molecule has 0 aromatic heterocycles. The Balaban J connectivity index is 4.13. The molecule has 5 nitrogen and oxygen atoms in total. The van der Waals surface area contributed by atoms with Crippen molar-refractivity contribution in [2.24, 2.45) is 0 Å².